The van der Waals surface area contributed by atoms with Crippen LogP contribution in [0.4, 0.5) is 23.1 Å². The zero-order valence-corrected chi connectivity index (χ0v) is 16.4. The minimum Gasteiger partial charge on any atom is -0.319 e. The monoisotopic (exact) mass is 415 g/mol. The number of hydrazine groups is 1. The van der Waals surface area contributed by atoms with Gasteiger partial charge in [-0.05, 0) is 35.9 Å². The molecule has 4 rings (SSSR count). The molecule has 0 aliphatic heterocycles. The molecule has 10 nitrogen and oxygen atoms in total. The Morgan fingerprint density at radius 2 is 1.71 bits per heavy atom. The second-order valence-corrected chi connectivity index (χ2v) is 6.57. The molecule has 10 heteroatoms. The minimum atomic E-state index is -0.634. The predicted molar refractivity (Wildman–Crippen MR) is 116 cm³/mol. The molecule has 0 bridgehead atoms. The Morgan fingerprint density at radius 3 is 2.52 bits per heavy atom. The number of hydrogen-bond acceptors (Lipinski definition) is 8. The molecule has 0 unspecified atom stereocenters. The standard InChI is InChI=1S/C21H17N7O3/c1-13-6-4-11-17(24-13)25-19-18(28(30)31)20(23-12-22-19)26-27-21(29)16-10-5-8-14-7-2-3-9-15(14)16/h2-12H,1H3,(H,27,29)(H2,22,23,24,25,26). The number of amides is 1. The summed E-state index contributed by atoms with van der Waals surface area (Å²) in [6.45, 7) is 1.80. The van der Waals surface area contributed by atoms with Crippen molar-refractivity contribution in [2.45, 2.75) is 6.92 Å². The predicted octanol–water partition coefficient (Wildman–Crippen LogP) is 3.74. The largest absolute Gasteiger partial charge is 0.355 e. The van der Waals surface area contributed by atoms with Crippen LogP contribution in [0.25, 0.3) is 10.8 Å². The number of nitro groups is 1. The second kappa shape index (κ2) is 8.41. The second-order valence-electron chi connectivity index (χ2n) is 6.57. The van der Waals surface area contributed by atoms with E-state index >= 15 is 0 Å². The van der Waals surface area contributed by atoms with Crippen LogP contribution in [0.2, 0.25) is 0 Å². The molecule has 1 amide bonds. The molecular formula is C21H17N7O3. The Labute approximate surface area is 176 Å². The number of carbonyl (C=O) groups is 1. The summed E-state index contributed by atoms with van der Waals surface area (Å²) in [6, 6.07) is 18.0. The molecular weight excluding hydrogens is 398 g/mol. The average Bonchev–Trinajstić information content (AvgIpc) is 2.77. The summed E-state index contributed by atoms with van der Waals surface area (Å²) >= 11 is 0. The summed E-state index contributed by atoms with van der Waals surface area (Å²) in [7, 11) is 0. The normalized spacial score (nSPS) is 10.5. The lowest BCUT2D eigenvalue weighted by Gasteiger charge is -2.11. The van der Waals surface area contributed by atoms with Gasteiger partial charge in [-0.2, -0.15) is 0 Å². The number of nitrogens with zero attached hydrogens (tertiary/aromatic N) is 4. The molecule has 154 valence electrons. The molecule has 2 aromatic carbocycles. The third kappa shape index (κ3) is 4.22. The Kier molecular flexibility index (Phi) is 5.35. The van der Waals surface area contributed by atoms with Gasteiger partial charge in [-0.3, -0.25) is 25.8 Å². The third-order valence-electron chi connectivity index (χ3n) is 4.47. The van der Waals surface area contributed by atoms with Crippen LogP contribution in [0.15, 0.2) is 67.0 Å². The van der Waals surface area contributed by atoms with Crippen LogP contribution in [0.5, 0.6) is 0 Å². The van der Waals surface area contributed by atoms with Gasteiger partial charge in [0.05, 0.1) is 4.92 Å². The fourth-order valence-electron chi connectivity index (χ4n) is 3.08. The van der Waals surface area contributed by atoms with Gasteiger partial charge in [-0.1, -0.05) is 42.5 Å². The Hall–Kier alpha value is -4.60. The molecule has 3 N–H and O–H groups in total. The van der Waals surface area contributed by atoms with E-state index in [-0.39, 0.29) is 11.6 Å². The first-order chi connectivity index (χ1) is 15.0. The quantitative estimate of drug-likeness (QED) is 0.320. The van der Waals surface area contributed by atoms with Crippen molar-refractivity contribution in [3.63, 3.8) is 0 Å². The maximum absolute atomic E-state index is 12.7. The van der Waals surface area contributed by atoms with Crippen molar-refractivity contribution in [3.05, 3.63) is 88.4 Å². The molecule has 31 heavy (non-hydrogen) atoms. The maximum atomic E-state index is 12.7. The molecule has 0 radical (unpaired) electrons. The molecule has 2 heterocycles. The molecule has 0 fully saturated rings. The summed E-state index contributed by atoms with van der Waals surface area (Å²) in [5.41, 5.74) is 5.75. The SMILES string of the molecule is Cc1cccc(Nc2ncnc(NNC(=O)c3cccc4ccccc34)c2[N+](=O)[O-])n1. The zero-order valence-electron chi connectivity index (χ0n) is 16.4. The van der Waals surface area contributed by atoms with Gasteiger partial charge in [0.15, 0.2) is 0 Å². The number of rotatable bonds is 6. The number of carbonyl (C=O) groups excluding carboxylic acids is 1. The molecule has 0 saturated carbocycles. The number of aryl methyl sites for hydroxylation is 1. The summed E-state index contributed by atoms with van der Waals surface area (Å²) in [4.78, 5) is 35.9. The van der Waals surface area contributed by atoms with E-state index in [1.165, 1.54) is 0 Å². The van der Waals surface area contributed by atoms with E-state index in [0.29, 0.717) is 11.4 Å². The van der Waals surface area contributed by atoms with Crippen molar-refractivity contribution in [3.8, 4) is 0 Å². The highest BCUT2D eigenvalue weighted by Crippen LogP contribution is 2.30. The van der Waals surface area contributed by atoms with Gasteiger partial charge >= 0.3 is 5.69 Å². The van der Waals surface area contributed by atoms with E-state index in [2.05, 4.69) is 31.1 Å². The highest BCUT2D eigenvalue weighted by atomic mass is 16.6. The van der Waals surface area contributed by atoms with Crippen molar-refractivity contribution in [1.82, 2.24) is 20.4 Å². The zero-order chi connectivity index (χ0) is 21.8. The number of nitrogens with one attached hydrogen (secondary N) is 3. The van der Waals surface area contributed by atoms with E-state index in [1.54, 1.807) is 37.3 Å². The van der Waals surface area contributed by atoms with Crippen molar-refractivity contribution in [2.75, 3.05) is 10.7 Å². The fourth-order valence-corrected chi connectivity index (χ4v) is 3.08. The van der Waals surface area contributed by atoms with Crippen LogP contribution in [0.3, 0.4) is 0 Å². The van der Waals surface area contributed by atoms with Gasteiger partial charge in [0, 0.05) is 11.3 Å². The Morgan fingerprint density at radius 1 is 0.968 bits per heavy atom. The van der Waals surface area contributed by atoms with Crippen LogP contribution in [0.1, 0.15) is 16.1 Å². The Balaban J connectivity index is 1.59. The number of benzene rings is 2. The van der Waals surface area contributed by atoms with Crippen LogP contribution >= 0.6 is 0 Å². The summed E-state index contributed by atoms with van der Waals surface area (Å²) in [5.74, 6) is -0.282. The highest BCUT2D eigenvalue weighted by molar-refractivity contribution is 6.07. The first-order valence-corrected chi connectivity index (χ1v) is 9.27. The van der Waals surface area contributed by atoms with Gasteiger partial charge in [-0.15, -0.1) is 0 Å². The van der Waals surface area contributed by atoms with Crippen LogP contribution < -0.4 is 16.2 Å². The summed E-state index contributed by atoms with van der Waals surface area (Å²) < 4.78 is 0. The van der Waals surface area contributed by atoms with Crippen molar-refractivity contribution in [2.24, 2.45) is 0 Å². The van der Waals surface area contributed by atoms with Crippen LogP contribution in [-0.2, 0) is 0 Å². The molecule has 0 spiro atoms. The number of hydrogen-bond donors (Lipinski definition) is 3. The van der Waals surface area contributed by atoms with E-state index in [1.807, 2.05) is 30.3 Å². The Bertz CT molecular complexity index is 1290. The average molecular weight is 415 g/mol. The van der Waals surface area contributed by atoms with Gasteiger partial charge in [0.2, 0.25) is 11.6 Å². The van der Waals surface area contributed by atoms with E-state index in [4.69, 9.17) is 0 Å². The van der Waals surface area contributed by atoms with Gasteiger partial charge in [0.1, 0.15) is 12.1 Å². The number of fused-ring (bicyclic) bond motifs is 1. The number of pyridine rings is 1. The maximum Gasteiger partial charge on any atom is 0.355 e. The third-order valence-corrected chi connectivity index (χ3v) is 4.47. The highest BCUT2D eigenvalue weighted by Gasteiger charge is 2.24. The van der Waals surface area contributed by atoms with E-state index in [9.17, 15) is 14.9 Å². The summed E-state index contributed by atoms with van der Waals surface area (Å²) in [5, 5.41) is 16.2. The van der Waals surface area contributed by atoms with E-state index < -0.39 is 16.5 Å². The fraction of sp³-hybridized carbons (Fsp3) is 0.0476. The molecule has 4 aromatic rings. The summed E-state index contributed by atoms with van der Waals surface area (Å²) in [6.07, 6.45) is 1.15. The van der Waals surface area contributed by atoms with Crippen molar-refractivity contribution in [1.29, 1.82) is 0 Å². The van der Waals surface area contributed by atoms with Crippen molar-refractivity contribution < 1.29 is 9.72 Å². The number of anilines is 3. The van der Waals surface area contributed by atoms with Gasteiger partial charge < -0.3 is 5.32 Å². The topological polar surface area (TPSA) is 135 Å². The molecule has 0 saturated heterocycles. The lowest BCUT2D eigenvalue weighted by molar-refractivity contribution is -0.383. The number of aromatic nitrogens is 3. The van der Waals surface area contributed by atoms with Crippen LogP contribution in [0, 0.1) is 17.0 Å². The molecule has 0 atom stereocenters. The first kappa shape index (κ1) is 19.7. The van der Waals surface area contributed by atoms with Gasteiger partial charge in [-0.25, -0.2) is 15.0 Å². The molecule has 0 aliphatic rings. The minimum absolute atomic E-state index is 0.0555. The van der Waals surface area contributed by atoms with E-state index in [0.717, 1.165) is 22.8 Å². The van der Waals surface area contributed by atoms with Crippen LogP contribution in [-0.4, -0.2) is 25.8 Å². The molecule has 0 aliphatic carbocycles. The smallest absolute Gasteiger partial charge is 0.319 e. The first-order valence-electron chi connectivity index (χ1n) is 9.27. The lowest BCUT2D eigenvalue weighted by atomic mass is 10.0. The van der Waals surface area contributed by atoms with Crippen molar-refractivity contribution >= 4 is 39.8 Å². The van der Waals surface area contributed by atoms with Gasteiger partial charge in [0.25, 0.3) is 5.91 Å². The molecule has 2 aromatic heterocycles. The lowest BCUT2D eigenvalue weighted by Crippen LogP contribution is -2.30.